The number of hydrogen-bond donors (Lipinski definition) is 0. The molecule has 0 heterocycles. The highest BCUT2D eigenvalue weighted by Crippen LogP contribution is 2.29. The summed E-state index contributed by atoms with van der Waals surface area (Å²) in [6.07, 6.45) is -1.24. The molecule has 0 aromatic heterocycles. The van der Waals surface area contributed by atoms with Gasteiger partial charge in [-0.3, -0.25) is 0 Å². The lowest BCUT2D eigenvalue weighted by Gasteiger charge is -2.14. The SMILES string of the molecule is O=C(OCC(Cl)(Cl)Cl)OC(Cl)(Cl)Cl. The zero-order valence-corrected chi connectivity index (χ0v) is 10.2. The minimum absolute atomic E-state index is 0.503. The molecule has 0 atom stereocenters. The summed E-state index contributed by atoms with van der Waals surface area (Å²) < 4.78 is 4.45. The van der Waals surface area contributed by atoms with Gasteiger partial charge in [-0.05, 0) is 34.8 Å². The van der Waals surface area contributed by atoms with E-state index in [9.17, 15) is 4.79 Å². The predicted octanol–water partition coefficient (Wildman–Crippen LogP) is 3.84. The summed E-state index contributed by atoms with van der Waals surface area (Å²) in [5.74, 6) is 0. The van der Waals surface area contributed by atoms with E-state index in [1.54, 1.807) is 0 Å². The largest absolute Gasteiger partial charge is 0.512 e. The first-order valence-corrected chi connectivity index (χ1v) is 4.86. The second-order valence-corrected chi connectivity index (χ2v) is 6.39. The van der Waals surface area contributed by atoms with Crippen LogP contribution in [0, 0.1) is 0 Å². The number of carbonyl (C=O) groups is 1. The van der Waals surface area contributed by atoms with Gasteiger partial charge in [0.25, 0.3) is 0 Å². The summed E-state index contributed by atoms with van der Waals surface area (Å²) in [5.41, 5.74) is 0. The molecular weight excluding hydrogens is 309 g/mol. The van der Waals surface area contributed by atoms with Crippen LogP contribution < -0.4 is 0 Å². The number of hydrogen-bond acceptors (Lipinski definition) is 3. The summed E-state index contributed by atoms with van der Waals surface area (Å²) in [5, 5.41) is 0. The quantitative estimate of drug-likeness (QED) is 0.545. The number of halogens is 6. The third-order valence-electron chi connectivity index (χ3n) is 0.553. The fourth-order valence-corrected chi connectivity index (χ4v) is 0.617. The second kappa shape index (κ2) is 5.19. The molecular formula is C4H2Cl6O3. The van der Waals surface area contributed by atoms with E-state index in [1.807, 2.05) is 0 Å². The molecule has 0 aromatic rings. The fourth-order valence-electron chi connectivity index (χ4n) is 0.265. The van der Waals surface area contributed by atoms with Gasteiger partial charge in [0.1, 0.15) is 6.61 Å². The normalized spacial score (nSPS) is 12.5. The lowest BCUT2D eigenvalue weighted by Crippen LogP contribution is -2.22. The molecule has 0 bridgehead atoms. The second-order valence-electron chi connectivity index (χ2n) is 1.70. The van der Waals surface area contributed by atoms with Crippen molar-refractivity contribution in [1.82, 2.24) is 0 Å². The van der Waals surface area contributed by atoms with Crippen LogP contribution in [0.3, 0.4) is 0 Å². The molecule has 0 aliphatic heterocycles. The first-order valence-electron chi connectivity index (χ1n) is 2.59. The molecule has 0 fully saturated rings. The van der Waals surface area contributed by atoms with Crippen molar-refractivity contribution < 1.29 is 14.3 Å². The summed E-state index contributed by atoms with van der Waals surface area (Å²) in [4.78, 5) is 10.6. The lowest BCUT2D eigenvalue weighted by atomic mass is 10.8. The van der Waals surface area contributed by atoms with E-state index in [0.717, 1.165) is 0 Å². The summed E-state index contributed by atoms with van der Waals surface area (Å²) >= 11 is 31.0. The average Bonchev–Trinajstić information content (AvgIpc) is 1.78. The smallest absolute Gasteiger partial charge is 0.430 e. The van der Waals surface area contributed by atoms with Gasteiger partial charge in [0, 0.05) is 0 Å². The Balaban J connectivity index is 3.78. The van der Waals surface area contributed by atoms with Crippen LogP contribution in [0.5, 0.6) is 0 Å². The van der Waals surface area contributed by atoms with Crippen LogP contribution in [0.15, 0.2) is 0 Å². The molecule has 0 amide bonds. The van der Waals surface area contributed by atoms with Crippen molar-refractivity contribution in [1.29, 1.82) is 0 Å². The molecule has 0 N–H and O–H groups in total. The van der Waals surface area contributed by atoms with Crippen LogP contribution in [0.4, 0.5) is 4.79 Å². The Morgan fingerprint density at radius 1 is 1.08 bits per heavy atom. The molecule has 0 spiro atoms. The maximum atomic E-state index is 10.6. The highest BCUT2D eigenvalue weighted by Gasteiger charge is 2.29. The van der Waals surface area contributed by atoms with Gasteiger partial charge < -0.3 is 9.47 Å². The number of carbonyl (C=O) groups excluding carboxylic acids is 1. The summed E-state index contributed by atoms with van der Waals surface area (Å²) in [6, 6.07) is 0. The average molecular weight is 311 g/mol. The van der Waals surface area contributed by atoms with Crippen LogP contribution in [-0.4, -0.2) is 20.5 Å². The van der Waals surface area contributed by atoms with Crippen LogP contribution in [0.2, 0.25) is 0 Å². The summed E-state index contributed by atoms with van der Waals surface area (Å²) in [6.45, 7) is -0.503. The van der Waals surface area contributed by atoms with Crippen LogP contribution in [0.25, 0.3) is 0 Å². The zero-order valence-electron chi connectivity index (χ0n) is 5.70. The fraction of sp³-hybridized carbons (Fsp3) is 0.750. The Kier molecular flexibility index (Phi) is 5.60. The maximum absolute atomic E-state index is 10.6. The molecule has 0 saturated carbocycles. The van der Waals surface area contributed by atoms with Gasteiger partial charge in [-0.15, -0.1) is 0 Å². The van der Waals surface area contributed by atoms with Crippen LogP contribution in [0.1, 0.15) is 0 Å². The van der Waals surface area contributed by atoms with E-state index in [-0.39, 0.29) is 0 Å². The predicted molar refractivity (Wildman–Crippen MR) is 53.0 cm³/mol. The highest BCUT2D eigenvalue weighted by atomic mass is 35.6. The minimum Gasteiger partial charge on any atom is -0.430 e. The van der Waals surface area contributed by atoms with Crippen molar-refractivity contribution in [3.63, 3.8) is 0 Å². The van der Waals surface area contributed by atoms with Gasteiger partial charge in [-0.2, -0.15) is 0 Å². The number of alkyl halides is 6. The molecule has 0 saturated heterocycles. The van der Waals surface area contributed by atoms with E-state index in [1.165, 1.54) is 0 Å². The van der Waals surface area contributed by atoms with Gasteiger partial charge in [0.15, 0.2) is 0 Å². The van der Waals surface area contributed by atoms with Crippen LogP contribution >= 0.6 is 69.6 Å². The van der Waals surface area contributed by atoms with E-state index < -0.39 is 20.5 Å². The van der Waals surface area contributed by atoms with E-state index in [4.69, 9.17) is 69.6 Å². The molecule has 0 radical (unpaired) electrons. The van der Waals surface area contributed by atoms with E-state index in [2.05, 4.69) is 9.47 Å². The third-order valence-corrected chi connectivity index (χ3v) is 1.11. The van der Waals surface area contributed by atoms with Crippen molar-refractivity contribution in [3.8, 4) is 0 Å². The maximum Gasteiger partial charge on any atom is 0.512 e. The molecule has 78 valence electrons. The Labute approximate surface area is 104 Å². The van der Waals surface area contributed by atoms with Crippen molar-refractivity contribution in [2.45, 2.75) is 7.77 Å². The Morgan fingerprint density at radius 2 is 1.54 bits per heavy atom. The van der Waals surface area contributed by atoms with Crippen molar-refractivity contribution in [3.05, 3.63) is 0 Å². The van der Waals surface area contributed by atoms with E-state index in [0.29, 0.717) is 0 Å². The molecule has 13 heavy (non-hydrogen) atoms. The molecule has 0 aliphatic rings. The van der Waals surface area contributed by atoms with E-state index >= 15 is 0 Å². The highest BCUT2D eigenvalue weighted by molar-refractivity contribution is 6.68. The molecule has 9 heteroatoms. The van der Waals surface area contributed by atoms with Gasteiger partial charge >= 0.3 is 10.1 Å². The molecule has 0 unspecified atom stereocenters. The standard InChI is InChI=1S/C4H2Cl6O3/c5-3(6,7)1-12-2(11)13-4(8,9)10/h1H2. The van der Waals surface area contributed by atoms with Gasteiger partial charge in [0.05, 0.1) is 0 Å². The molecule has 0 aromatic carbocycles. The molecule has 0 rings (SSSR count). The number of rotatable bonds is 1. The number of ether oxygens (including phenoxy) is 2. The Hall–Kier alpha value is 1.01. The monoisotopic (exact) mass is 308 g/mol. The van der Waals surface area contributed by atoms with Crippen LogP contribution in [-0.2, 0) is 9.47 Å². The third kappa shape index (κ3) is 10.9. The van der Waals surface area contributed by atoms with Crippen molar-refractivity contribution in [2.75, 3.05) is 6.61 Å². The Bertz CT molecular complexity index is 181. The molecule has 0 aliphatic carbocycles. The van der Waals surface area contributed by atoms with Gasteiger partial charge in [-0.1, -0.05) is 34.8 Å². The van der Waals surface area contributed by atoms with Gasteiger partial charge in [-0.25, -0.2) is 4.79 Å². The first kappa shape index (κ1) is 14.0. The summed E-state index contributed by atoms with van der Waals surface area (Å²) in [7, 11) is 0. The lowest BCUT2D eigenvalue weighted by molar-refractivity contribution is 0.0544. The minimum atomic E-state index is -2.19. The topological polar surface area (TPSA) is 35.5 Å². The van der Waals surface area contributed by atoms with Gasteiger partial charge in [0.2, 0.25) is 3.79 Å². The Morgan fingerprint density at radius 3 is 1.85 bits per heavy atom. The first-order chi connectivity index (χ1) is 5.60. The van der Waals surface area contributed by atoms with Crippen molar-refractivity contribution >= 4 is 75.8 Å². The molecule has 3 nitrogen and oxygen atoms in total. The van der Waals surface area contributed by atoms with Crippen molar-refractivity contribution in [2.24, 2.45) is 0 Å². The zero-order chi connectivity index (χ0) is 10.7.